The summed E-state index contributed by atoms with van der Waals surface area (Å²) in [5, 5.41) is 1.56. The summed E-state index contributed by atoms with van der Waals surface area (Å²) in [6.07, 6.45) is 0. The summed E-state index contributed by atoms with van der Waals surface area (Å²) in [5.74, 6) is -0.755. The van der Waals surface area contributed by atoms with E-state index in [1.807, 2.05) is 6.92 Å². The third kappa shape index (κ3) is 1.97. The summed E-state index contributed by atoms with van der Waals surface area (Å²) in [6.45, 7) is 1.82. The molecule has 2 rings (SSSR count). The lowest BCUT2D eigenvalue weighted by molar-refractivity contribution is 0.104. The summed E-state index contributed by atoms with van der Waals surface area (Å²) >= 11 is 8.14. The third-order valence-corrected chi connectivity index (χ3v) is 4.35. The zero-order chi connectivity index (χ0) is 11.0. The second kappa shape index (κ2) is 4.04. The highest BCUT2D eigenvalue weighted by Crippen LogP contribution is 2.30. The van der Waals surface area contributed by atoms with Crippen molar-refractivity contribution < 1.29 is 9.18 Å². The average molecular weight is 261 g/mol. The van der Waals surface area contributed by atoms with Gasteiger partial charge < -0.3 is 0 Å². The smallest absolute Gasteiger partial charge is 0.215 e. The Bertz CT molecular complexity index is 496. The molecule has 78 valence electrons. The Balaban J connectivity index is 2.41. The Hall–Kier alpha value is -0.710. The third-order valence-electron chi connectivity index (χ3n) is 1.90. The minimum absolute atomic E-state index is 0.146. The Labute approximate surface area is 99.1 Å². The monoisotopic (exact) mass is 260 g/mol. The summed E-state index contributed by atoms with van der Waals surface area (Å²) in [7, 11) is 0. The molecule has 15 heavy (non-hydrogen) atoms. The summed E-state index contributed by atoms with van der Waals surface area (Å²) in [5.41, 5.74) is 0.849. The average Bonchev–Trinajstić information content (AvgIpc) is 2.74. The van der Waals surface area contributed by atoms with Crippen LogP contribution in [0.15, 0.2) is 17.5 Å². The molecule has 0 unspecified atom stereocenters. The molecule has 0 aromatic carbocycles. The fraction of sp³-hybridized carbons (Fsp3) is 0.100. The summed E-state index contributed by atoms with van der Waals surface area (Å²) in [6, 6.07) is 2.98. The number of hydrogen-bond donors (Lipinski definition) is 0. The van der Waals surface area contributed by atoms with Crippen molar-refractivity contribution in [2.45, 2.75) is 6.92 Å². The second-order valence-corrected chi connectivity index (χ2v) is 5.56. The van der Waals surface area contributed by atoms with E-state index in [0.29, 0.717) is 9.21 Å². The van der Waals surface area contributed by atoms with E-state index < -0.39 is 5.82 Å². The number of hydrogen-bond acceptors (Lipinski definition) is 3. The van der Waals surface area contributed by atoms with Crippen LogP contribution in [0.3, 0.4) is 0 Å². The van der Waals surface area contributed by atoms with Gasteiger partial charge in [0.25, 0.3) is 0 Å². The van der Waals surface area contributed by atoms with Crippen LogP contribution in [0.1, 0.15) is 20.1 Å². The Morgan fingerprint density at radius 2 is 2.27 bits per heavy atom. The predicted molar refractivity (Wildman–Crippen MR) is 61.8 cm³/mol. The summed E-state index contributed by atoms with van der Waals surface area (Å²) in [4.78, 5) is 12.4. The van der Waals surface area contributed by atoms with Crippen LogP contribution < -0.4 is 0 Å². The van der Waals surface area contributed by atoms with E-state index in [-0.39, 0.29) is 10.7 Å². The van der Waals surface area contributed by atoms with Crippen LogP contribution in [0.2, 0.25) is 4.34 Å². The van der Waals surface area contributed by atoms with E-state index in [0.717, 1.165) is 16.9 Å². The van der Waals surface area contributed by atoms with Gasteiger partial charge in [-0.2, -0.15) is 0 Å². The molecule has 0 aliphatic carbocycles. The van der Waals surface area contributed by atoms with E-state index in [4.69, 9.17) is 11.6 Å². The van der Waals surface area contributed by atoms with Crippen molar-refractivity contribution in [1.82, 2.24) is 0 Å². The Morgan fingerprint density at radius 1 is 1.53 bits per heavy atom. The molecule has 0 atom stereocenters. The lowest BCUT2D eigenvalue weighted by Crippen LogP contribution is -1.97. The first kappa shape index (κ1) is 10.8. The minimum Gasteiger partial charge on any atom is -0.287 e. The van der Waals surface area contributed by atoms with Gasteiger partial charge in [-0.1, -0.05) is 11.6 Å². The molecule has 2 aromatic heterocycles. The highest BCUT2D eigenvalue weighted by Gasteiger charge is 2.18. The molecule has 0 N–H and O–H groups in total. The van der Waals surface area contributed by atoms with E-state index in [1.165, 1.54) is 17.4 Å². The minimum atomic E-state index is -0.466. The topological polar surface area (TPSA) is 17.1 Å². The summed E-state index contributed by atoms with van der Waals surface area (Å²) < 4.78 is 13.7. The number of thiophene rings is 2. The molecule has 2 aromatic rings. The number of carbonyl (C=O) groups excluding carboxylic acids is 1. The first-order chi connectivity index (χ1) is 7.09. The van der Waals surface area contributed by atoms with Gasteiger partial charge in [-0.15, -0.1) is 22.7 Å². The Morgan fingerprint density at radius 3 is 2.73 bits per heavy atom. The molecular weight excluding hydrogens is 255 g/mol. The molecule has 0 bridgehead atoms. The van der Waals surface area contributed by atoms with Gasteiger partial charge in [0.05, 0.1) is 9.21 Å². The van der Waals surface area contributed by atoms with Gasteiger partial charge in [0, 0.05) is 0 Å². The van der Waals surface area contributed by atoms with Crippen molar-refractivity contribution in [2.75, 3.05) is 0 Å². The number of ketones is 1. The van der Waals surface area contributed by atoms with Gasteiger partial charge in [0.1, 0.15) is 10.7 Å². The fourth-order valence-corrected chi connectivity index (χ4v) is 3.07. The van der Waals surface area contributed by atoms with Crippen LogP contribution in [0.5, 0.6) is 0 Å². The maximum absolute atomic E-state index is 13.2. The van der Waals surface area contributed by atoms with Crippen molar-refractivity contribution in [3.05, 3.63) is 43.0 Å². The molecule has 5 heteroatoms. The first-order valence-corrected chi connectivity index (χ1v) is 6.20. The highest BCUT2D eigenvalue weighted by atomic mass is 35.5. The normalized spacial score (nSPS) is 10.6. The molecule has 0 saturated heterocycles. The standard InChI is InChI=1S/C10H6ClFOS2/c1-5-4-7(15-10(5)11)8(13)9-6(12)2-3-14-9/h2-4H,1H3. The fourth-order valence-electron chi connectivity index (χ4n) is 1.14. The van der Waals surface area contributed by atoms with Crippen molar-refractivity contribution in [3.63, 3.8) is 0 Å². The zero-order valence-electron chi connectivity index (χ0n) is 7.71. The van der Waals surface area contributed by atoms with E-state index in [9.17, 15) is 9.18 Å². The zero-order valence-corrected chi connectivity index (χ0v) is 10.1. The van der Waals surface area contributed by atoms with E-state index >= 15 is 0 Å². The van der Waals surface area contributed by atoms with Gasteiger partial charge in [-0.25, -0.2) is 4.39 Å². The number of halogens is 2. The highest BCUT2D eigenvalue weighted by molar-refractivity contribution is 7.19. The van der Waals surface area contributed by atoms with E-state index in [1.54, 1.807) is 11.4 Å². The van der Waals surface area contributed by atoms with Crippen LogP contribution in [0.4, 0.5) is 4.39 Å². The maximum Gasteiger partial charge on any atom is 0.215 e. The predicted octanol–water partition coefficient (Wildman–Crippen LogP) is 4.14. The molecule has 1 nitrogen and oxygen atoms in total. The van der Waals surface area contributed by atoms with Crippen LogP contribution in [0.25, 0.3) is 0 Å². The second-order valence-electron chi connectivity index (χ2n) is 2.99. The molecule has 0 aliphatic rings. The molecule has 0 saturated carbocycles. The van der Waals surface area contributed by atoms with Crippen LogP contribution in [-0.4, -0.2) is 5.78 Å². The van der Waals surface area contributed by atoms with Crippen molar-refractivity contribution >= 4 is 40.1 Å². The number of aryl methyl sites for hydroxylation is 1. The van der Waals surface area contributed by atoms with Crippen molar-refractivity contribution in [2.24, 2.45) is 0 Å². The number of carbonyl (C=O) groups is 1. The Kier molecular flexibility index (Phi) is 2.91. The van der Waals surface area contributed by atoms with Crippen LogP contribution >= 0.6 is 34.3 Å². The van der Waals surface area contributed by atoms with E-state index in [2.05, 4.69) is 0 Å². The van der Waals surface area contributed by atoms with Gasteiger partial charge in [0.2, 0.25) is 5.78 Å². The van der Waals surface area contributed by atoms with Crippen molar-refractivity contribution in [3.8, 4) is 0 Å². The molecular formula is C10H6ClFOS2. The molecule has 0 radical (unpaired) electrons. The van der Waals surface area contributed by atoms with Gasteiger partial charge >= 0.3 is 0 Å². The first-order valence-electron chi connectivity index (χ1n) is 4.13. The quantitative estimate of drug-likeness (QED) is 0.742. The van der Waals surface area contributed by atoms with Gasteiger partial charge in [-0.05, 0) is 30.0 Å². The molecule has 0 spiro atoms. The maximum atomic E-state index is 13.2. The largest absolute Gasteiger partial charge is 0.287 e. The number of rotatable bonds is 2. The molecule has 0 amide bonds. The molecule has 0 fully saturated rings. The van der Waals surface area contributed by atoms with Crippen LogP contribution in [0, 0.1) is 12.7 Å². The lowest BCUT2D eigenvalue weighted by atomic mass is 10.2. The molecule has 0 aliphatic heterocycles. The lowest BCUT2D eigenvalue weighted by Gasteiger charge is -1.92. The van der Waals surface area contributed by atoms with Gasteiger partial charge in [0.15, 0.2) is 0 Å². The van der Waals surface area contributed by atoms with Gasteiger partial charge in [-0.3, -0.25) is 4.79 Å². The van der Waals surface area contributed by atoms with Crippen LogP contribution in [-0.2, 0) is 0 Å². The molecule has 2 heterocycles. The SMILES string of the molecule is Cc1cc(C(=O)c2sccc2F)sc1Cl. The van der Waals surface area contributed by atoms with Crippen molar-refractivity contribution in [1.29, 1.82) is 0 Å².